The summed E-state index contributed by atoms with van der Waals surface area (Å²) in [6.07, 6.45) is -0.839. The molecule has 3 rings (SSSR count). The number of carbonyl (C=O) groups excluding carboxylic acids is 2. The fourth-order valence-electron chi connectivity index (χ4n) is 2.43. The summed E-state index contributed by atoms with van der Waals surface area (Å²) in [5.41, 5.74) is 1.18. The number of fused-ring (bicyclic) bond motifs is 1. The van der Waals surface area contributed by atoms with Crippen LogP contribution in [0.4, 0.5) is 5.69 Å². The van der Waals surface area contributed by atoms with Crippen LogP contribution in [0.5, 0.6) is 5.75 Å². The number of methoxy groups -OCH3 is 1. The van der Waals surface area contributed by atoms with Crippen LogP contribution in [0.2, 0.25) is 0 Å². The predicted molar refractivity (Wildman–Crippen MR) is 88.7 cm³/mol. The predicted octanol–water partition coefficient (Wildman–Crippen LogP) is 3.03. The molecule has 0 aromatic heterocycles. The zero-order chi connectivity index (χ0) is 16.4. The summed E-state index contributed by atoms with van der Waals surface area (Å²) in [4.78, 5) is 26.2. The Morgan fingerprint density at radius 2 is 1.87 bits per heavy atom. The minimum atomic E-state index is -0.839. The number of ether oxygens (including phenoxy) is 2. The minimum absolute atomic E-state index is 0.110. The molecule has 1 unspecified atom stereocenters. The van der Waals surface area contributed by atoms with Gasteiger partial charge < -0.3 is 14.4 Å². The fourth-order valence-corrected chi connectivity index (χ4v) is 2.69. The number of nitrogens with zero attached hydrogens (tertiary/aromatic N) is 1. The maximum Gasteiger partial charge on any atom is 0.348 e. The second-order valence-electron chi connectivity index (χ2n) is 5.02. The summed E-state index contributed by atoms with van der Waals surface area (Å²) < 4.78 is 11.3. The lowest BCUT2D eigenvalue weighted by Gasteiger charge is -2.33. The highest BCUT2D eigenvalue weighted by Gasteiger charge is 2.34. The number of rotatable bonds is 2. The lowest BCUT2D eigenvalue weighted by atomic mass is 10.1. The number of esters is 1. The summed E-state index contributed by atoms with van der Waals surface area (Å²) in [6.45, 7) is 0.110. The van der Waals surface area contributed by atoms with Crippen molar-refractivity contribution in [1.29, 1.82) is 0 Å². The fraction of sp³-hybridized carbons (Fsp3) is 0.176. The van der Waals surface area contributed by atoms with Gasteiger partial charge in [0.25, 0.3) is 5.91 Å². The van der Waals surface area contributed by atoms with Crippen LogP contribution in [0.25, 0.3) is 0 Å². The molecule has 0 aliphatic carbocycles. The number of carbonyl (C=O) groups is 2. The third-order valence-electron chi connectivity index (χ3n) is 3.57. The Balaban J connectivity index is 1.97. The molecule has 1 heterocycles. The minimum Gasteiger partial charge on any atom is -0.475 e. The van der Waals surface area contributed by atoms with E-state index in [2.05, 4.69) is 15.9 Å². The maximum absolute atomic E-state index is 12.8. The summed E-state index contributed by atoms with van der Waals surface area (Å²) in [5.74, 6) is -0.213. The van der Waals surface area contributed by atoms with Gasteiger partial charge in [-0.3, -0.25) is 4.79 Å². The van der Waals surface area contributed by atoms with Crippen molar-refractivity contribution in [1.82, 2.24) is 0 Å². The normalized spacial score (nSPS) is 16.3. The van der Waals surface area contributed by atoms with E-state index in [4.69, 9.17) is 9.47 Å². The van der Waals surface area contributed by atoms with Crippen molar-refractivity contribution in [2.45, 2.75) is 6.10 Å². The van der Waals surface area contributed by atoms with Crippen LogP contribution in [-0.4, -0.2) is 31.6 Å². The van der Waals surface area contributed by atoms with Crippen LogP contribution < -0.4 is 9.64 Å². The second-order valence-corrected chi connectivity index (χ2v) is 5.94. The second kappa shape index (κ2) is 6.42. The molecule has 1 aliphatic heterocycles. The molecule has 23 heavy (non-hydrogen) atoms. The zero-order valence-electron chi connectivity index (χ0n) is 12.4. The Morgan fingerprint density at radius 3 is 2.57 bits per heavy atom. The molecule has 118 valence electrons. The Bertz CT molecular complexity index is 745. The Hall–Kier alpha value is -2.34. The molecule has 1 amide bonds. The SMILES string of the molecule is COC(=O)C1CN(C(=O)c2ccc(Br)cc2)c2ccccc2O1. The van der Waals surface area contributed by atoms with Gasteiger partial charge in [-0.15, -0.1) is 0 Å². The lowest BCUT2D eigenvalue weighted by Crippen LogP contribution is -2.47. The quantitative estimate of drug-likeness (QED) is 0.757. The topological polar surface area (TPSA) is 55.8 Å². The monoisotopic (exact) mass is 375 g/mol. The van der Waals surface area contributed by atoms with E-state index < -0.39 is 12.1 Å². The zero-order valence-corrected chi connectivity index (χ0v) is 13.9. The molecule has 2 aromatic rings. The van der Waals surface area contributed by atoms with Gasteiger partial charge in [0.1, 0.15) is 5.75 Å². The van der Waals surface area contributed by atoms with E-state index in [9.17, 15) is 9.59 Å². The van der Waals surface area contributed by atoms with Crippen molar-refractivity contribution in [3.63, 3.8) is 0 Å². The summed E-state index contributed by atoms with van der Waals surface area (Å²) >= 11 is 3.35. The van der Waals surface area contributed by atoms with Crippen LogP contribution in [0.15, 0.2) is 53.0 Å². The first-order valence-electron chi connectivity index (χ1n) is 7.01. The summed E-state index contributed by atoms with van der Waals surface area (Å²) in [6, 6.07) is 14.2. The average Bonchev–Trinajstić information content (AvgIpc) is 2.60. The third-order valence-corrected chi connectivity index (χ3v) is 4.10. The number of para-hydroxylation sites is 2. The molecular weight excluding hydrogens is 362 g/mol. The van der Waals surface area contributed by atoms with Crippen molar-refractivity contribution < 1.29 is 19.1 Å². The van der Waals surface area contributed by atoms with Gasteiger partial charge in [-0.05, 0) is 36.4 Å². The van der Waals surface area contributed by atoms with Crippen LogP contribution in [0.3, 0.4) is 0 Å². The van der Waals surface area contributed by atoms with Gasteiger partial charge >= 0.3 is 5.97 Å². The highest BCUT2D eigenvalue weighted by atomic mass is 79.9. The highest BCUT2D eigenvalue weighted by molar-refractivity contribution is 9.10. The molecule has 5 nitrogen and oxygen atoms in total. The molecule has 0 saturated heterocycles. The molecule has 6 heteroatoms. The van der Waals surface area contributed by atoms with E-state index in [0.29, 0.717) is 17.0 Å². The number of anilines is 1. The average molecular weight is 376 g/mol. The van der Waals surface area contributed by atoms with E-state index in [1.807, 2.05) is 6.07 Å². The van der Waals surface area contributed by atoms with Crippen molar-refractivity contribution >= 4 is 33.5 Å². The highest BCUT2D eigenvalue weighted by Crippen LogP contribution is 2.34. The van der Waals surface area contributed by atoms with Gasteiger partial charge in [0.05, 0.1) is 19.3 Å². The van der Waals surface area contributed by atoms with E-state index in [1.165, 1.54) is 7.11 Å². The molecule has 0 fully saturated rings. The molecule has 0 saturated carbocycles. The number of amides is 1. The van der Waals surface area contributed by atoms with E-state index >= 15 is 0 Å². The molecule has 1 aliphatic rings. The van der Waals surface area contributed by atoms with Crippen LogP contribution in [0, 0.1) is 0 Å². The van der Waals surface area contributed by atoms with Crippen molar-refractivity contribution in [3.05, 3.63) is 58.6 Å². The van der Waals surface area contributed by atoms with E-state index in [0.717, 1.165) is 4.47 Å². The first-order valence-corrected chi connectivity index (χ1v) is 7.80. The van der Waals surface area contributed by atoms with Crippen molar-refractivity contribution in [3.8, 4) is 5.75 Å². The van der Waals surface area contributed by atoms with Gasteiger partial charge in [0.2, 0.25) is 6.10 Å². The number of halogens is 1. The van der Waals surface area contributed by atoms with Crippen LogP contribution in [0.1, 0.15) is 10.4 Å². The molecule has 0 N–H and O–H groups in total. The van der Waals surface area contributed by atoms with Crippen molar-refractivity contribution in [2.75, 3.05) is 18.6 Å². The first-order chi connectivity index (χ1) is 11.1. The summed E-state index contributed by atoms with van der Waals surface area (Å²) in [5, 5.41) is 0. The van der Waals surface area contributed by atoms with Crippen LogP contribution in [-0.2, 0) is 9.53 Å². The lowest BCUT2D eigenvalue weighted by molar-refractivity contribution is -0.148. The van der Waals surface area contributed by atoms with Crippen molar-refractivity contribution in [2.24, 2.45) is 0 Å². The molecule has 0 bridgehead atoms. The molecular formula is C17H14BrNO4. The number of hydrogen-bond donors (Lipinski definition) is 0. The number of hydrogen-bond acceptors (Lipinski definition) is 4. The Morgan fingerprint density at radius 1 is 1.17 bits per heavy atom. The molecule has 2 aromatic carbocycles. The standard InChI is InChI=1S/C17H14BrNO4/c1-22-17(21)15-10-19(13-4-2-3-5-14(13)23-15)16(20)11-6-8-12(18)9-7-11/h2-9,15H,10H2,1H3. The van der Waals surface area contributed by atoms with E-state index in [-0.39, 0.29) is 12.5 Å². The van der Waals surface area contributed by atoms with Gasteiger partial charge in [-0.1, -0.05) is 28.1 Å². The van der Waals surface area contributed by atoms with Gasteiger partial charge in [-0.2, -0.15) is 0 Å². The number of benzene rings is 2. The smallest absolute Gasteiger partial charge is 0.348 e. The molecule has 0 spiro atoms. The van der Waals surface area contributed by atoms with Gasteiger partial charge in [0.15, 0.2) is 0 Å². The van der Waals surface area contributed by atoms with Crippen LogP contribution >= 0.6 is 15.9 Å². The largest absolute Gasteiger partial charge is 0.475 e. The van der Waals surface area contributed by atoms with Gasteiger partial charge in [-0.25, -0.2) is 4.79 Å². The molecule has 1 atom stereocenters. The summed E-state index contributed by atoms with van der Waals surface area (Å²) in [7, 11) is 1.30. The maximum atomic E-state index is 12.8. The molecule has 0 radical (unpaired) electrons. The first kappa shape index (κ1) is 15.6. The Labute approximate surface area is 141 Å². The Kier molecular flexibility index (Phi) is 4.34. The third kappa shape index (κ3) is 3.07. The van der Waals surface area contributed by atoms with Gasteiger partial charge in [0, 0.05) is 10.0 Å². The van der Waals surface area contributed by atoms with E-state index in [1.54, 1.807) is 47.4 Å².